The van der Waals surface area contributed by atoms with Crippen molar-refractivity contribution in [2.24, 2.45) is 0 Å². The minimum Gasteiger partial charge on any atom is -0.492 e. The normalized spacial score (nSPS) is 11.0. The fourth-order valence-electron chi connectivity index (χ4n) is 3.80. The zero-order valence-electron chi connectivity index (χ0n) is 21.3. The van der Waals surface area contributed by atoms with Crippen LogP contribution < -0.4 is 19.1 Å². The van der Waals surface area contributed by atoms with Crippen LogP contribution in [0.2, 0.25) is 0 Å². The van der Waals surface area contributed by atoms with E-state index in [9.17, 15) is 13.2 Å². The van der Waals surface area contributed by atoms with Crippen LogP contribution in [0.15, 0.2) is 108 Å². The SMILES string of the molecule is CCOc1ccccc1NC(=O)COc1ccc(N(Cc2ccccc2)S(=O)(=O)c2ccc(C)cc2)cc1. The molecular formula is C30H30N2O5S. The molecule has 196 valence electrons. The summed E-state index contributed by atoms with van der Waals surface area (Å²) < 4.78 is 39.8. The van der Waals surface area contributed by atoms with Crippen LogP contribution in [-0.2, 0) is 21.4 Å². The first kappa shape index (κ1) is 26.8. The molecule has 4 aromatic carbocycles. The second-order valence-corrected chi connectivity index (χ2v) is 10.4. The predicted octanol–water partition coefficient (Wildman–Crippen LogP) is 5.81. The molecule has 0 aliphatic heterocycles. The van der Waals surface area contributed by atoms with Crippen LogP contribution in [0.4, 0.5) is 11.4 Å². The molecule has 7 nitrogen and oxygen atoms in total. The number of ether oxygens (including phenoxy) is 2. The van der Waals surface area contributed by atoms with Gasteiger partial charge in [-0.3, -0.25) is 9.10 Å². The lowest BCUT2D eigenvalue weighted by molar-refractivity contribution is -0.118. The van der Waals surface area contributed by atoms with Crippen molar-refractivity contribution in [3.8, 4) is 11.5 Å². The maximum absolute atomic E-state index is 13.6. The summed E-state index contributed by atoms with van der Waals surface area (Å²) >= 11 is 0. The van der Waals surface area contributed by atoms with E-state index in [1.54, 1.807) is 60.7 Å². The van der Waals surface area contributed by atoms with Gasteiger partial charge in [-0.2, -0.15) is 0 Å². The smallest absolute Gasteiger partial charge is 0.264 e. The molecule has 1 N–H and O–H groups in total. The molecule has 8 heteroatoms. The highest BCUT2D eigenvalue weighted by Crippen LogP contribution is 2.28. The van der Waals surface area contributed by atoms with Crippen LogP contribution >= 0.6 is 0 Å². The fourth-order valence-corrected chi connectivity index (χ4v) is 5.25. The van der Waals surface area contributed by atoms with Crippen molar-refractivity contribution < 1.29 is 22.7 Å². The Bertz CT molecular complexity index is 1460. The van der Waals surface area contributed by atoms with Crippen molar-refractivity contribution in [3.05, 3.63) is 114 Å². The van der Waals surface area contributed by atoms with Crippen LogP contribution in [0.3, 0.4) is 0 Å². The van der Waals surface area contributed by atoms with Crippen molar-refractivity contribution >= 4 is 27.3 Å². The van der Waals surface area contributed by atoms with E-state index in [-0.39, 0.29) is 24.0 Å². The van der Waals surface area contributed by atoms with Crippen molar-refractivity contribution in [3.63, 3.8) is 0 Å². The summed E-state index contributed by atoms with van der Waals surface area (Å²) in [6.07, 6.45) is 0. The number of aryl methyl sites for hydroxylation is 1. The molecule has 0 saturated carbocycles. The van der Waals surface area contributed by atoms with Crippen LogP contribution in [-0.4, -0.2) is 27.5 Å². The Morgan fingerprint density at radius 2 is 1.47 bits per heavy atom. The third kappa shape index (κ3) is 6.72. The van der Waals surface area contributed by atoms with Gasteiger partial charge >= 0.3 is 0 Å². The van der Waals surface area contributed by atoms with Crippen molar-refractivity contribution in [2.45, 2.75) is 25.3 Å². The van der Waals surface area contributed by atoms with Gasteiger partial charge in [0.1, 0.15) is 11.5 Å². The summed E-state index contributed by atoms with van der Waals surface area (Å²) in [5.74, 6) is 0.685. The Morgan fingerprint density at radius 3 is 2.16 bits per heavy atom. The summed E-state index contributed by atoms with van der Waals surface area (Å²) in [5.41, 5.74) is 2.88. The number of benzene rings is 4. The molecule has 0 aliphatic carbocycles. The number of nitrogens with zero attached hydrogens (tertiary/aromatic N) is 1. The monoisotopic (exact) mass is 530 g/mol. The van der Waals surface area contributed by atoms with E-state index in [1.807, 2.05) is 56.3 Å². The molecule has 4 aromatic rings. The van der Waals surface area contributed by atoms with E-state index in [0.717, 1.165) is 11.1 Å². The van der Waals surface area contributed by atoms with Crippen LogP contribution in [0.1, 0.15) is 18.1 Å². The van der Waals surface area contributed by atoms with E-state index in [2.05, 4.69) is 5.32 Å². The molecule has 0 aromatic heterocycles. The highest BCUT2D eigenvalue weighted by atomic mass is 32.2. The topological polar surface area (TPSA) is 84.9 Å². The standard InChI is InChI=1S/C30H30N2O5S/c1-3-36-29-12-8-7-11-28(29)31-30(33)22-37-26-17-15-25(16-18-26)32(21-24-9-5-4-6-10-24)38(34,35)27-19-13-23(2)14-20-27/h4-20H,3,21-22H2,1-2H3,(H,31,33). The van der Waals surface area contributed by atoms with E-state index in [4.69, 9.17) is 9.47 Å². The average Bonchev–Trinajstić information content (AvgIpc) is 2.93. The van der Waals surface area contributed by atoms with Crippen LogP contribution in [0.25, 0.3) is 0 Å². The van der Waals surface area contributed by atoms with Gasteiger partial charge in [-0.1, -0.05) is 60.2 Å². The first-order valence-corrected chi connectivity index (χ1v) is 13.7. The van der Waals surface area contributed by atoms with Gasteiger partial charge in [0.05, 0.1) is 29.4 Å². The lowest BCUT2D eigenvalue weighted by Gasteiger charge is -2.25. The van der Waals surface area contributed by atoms with E-state index in [1.165, 1.54) is 4.31 Å². The predicted molar refractivity (Wildman–Crippen MR) is 149 cm³/mol. The Kier molecular flexibility index (Phi) is 8.66. The van der Waals surface area contributed by atoms with Gasteiger partial charge in [-0.25, -0.2) is 8.42 Å². The highest BCUT2D eigenvalue weighted by Gasteiger charge is 2.25. The van der Waals surface area contributed by atoms with Gasteiger partial charge in [0, 0.05) is 0 Å². The number of sulfonamides is 1. The minimum absolute atomic E-state index is 0.166. The second kappa shape index (κ2) is 12.3. The molecule has 4 rings (SSSR count). The number of carbonyl (C=O) groups is 1. The maximum atomic E-state index is 13.6. The molecule has 0 radical (unpaired) electrons. The molecule has 1 amide bonds. The molecule has 0 aliphatic rings. The number of anilines is 2. The number of hydrogen-bond donors (Lipinski definition) is 1. The molecule has 0 atom stereocenters. The molecule has 38 heavy (non-hydrogen) atoms. The molecule has 0 unspecified atom stereocenters. The Hall–Kier alpha value is -4.30. The molecule has 0 fully saturated rings. The summed E-state index contributed by atoms with van der Waals surface area (Å²) in [6.45, 7) is 4.22. The lowest BCUT2D eigenvalue weighted by Crippen LogP contribution is -2.30. The zero-order valence-corrected chi connectivity index (χ0v) is 22.1. The van der Waals surface area contributed by atoms with Gasteiger partial charge in [0.25, 0.3) is 15.9 Å². The third-order valence-corrected chi connectivity index (χ3v) is 7.52. The minimum atomic E-state index is -3.83. The second-order valence-electron chi connectivity index (χ2n) is 8.57. The van der Waals surface area contributed by atoms with Crippen molar-refractivity contribution in [1.82, 2.24) is 0 Å². The Balaban J connectivity index is 1.49. The number of nitrogens with one attached hydrogen (secondary N) is 1. The molecule has 0 bridgehead atoms. The van der Waals surface area contributed by atoms with Gasteiger partial charge in [-0.15, -0.1) is 0 Å². The summed E-state index contributed by atoms with van der Waals surface area (Å²) in [7, 11) is -3.83. The number of carbonyl (C=O) groups excluding carboxylic acids is 1. The first-order chi connectivity index (χ1) is 18.4. The van der Waals surface area contributed by atoms with Crippen molar-refractivity contribution in [1.29, 1.82) is 0 Å². The summed E-state index contributed by atoms with van der Waals surface area (Å²) in [4.78, 5) is 12.7. The van der Waals surface area contributed by atoms with Crippen LogP contribution in [0.5, 0.6) is 11.5 Å². The van der Waals surface area contributed by atoms with Gasteiger partial charge in [0.2, 0.25) is 0 Å². The van der Waals surface area contributed by atoms with Gasteiger partial charge in [0.15, 0.2) is 6.61 Å². The van der Waals surface area contributed by atoms with Gasteiger partial charge in [-0.05, 0) is 67.9 Å². The summed E-state index contributed by atoms with van der Waals surface area (Å²) in [6, 6.07) is 30.0. The number of rotatable bonds is 11. The van der Waals surface area contributed by atoms with Crippen LogP contribution in [0, 0.1) is 6.92 Å². The molecule has 0 saturated heterocycles. The quantitative estimate of drug-likeness (QED) is 0.265. The zero-order chi connectivity index (χ0) is 27.0. The fraction of sp³-hybridized carbons (Fsp3) is 0.167. The lowest BCUT2D eigenvalue weighted by atomic mass is 10.2. The van der Waals surface area contributed by atoms with Gasteiger partial charge < -0.3 is 14.8 Å². The third-order valence-electron chi connectivity index (χ3n) is 5.73. The number of para-hydroxylation sites is 2. The van der Waals surface area contributed by atoms with E-state index < -0.39 is 10.0 Å². The molecular weight excluding hydrogens is 500 g/mol. The number of hydrogen-bond acceptors (Lipinski definition) is 5. The van der Waals surface area contributed by atoms with E-state index >= 15 is 0 Å². The first-order valence-electron chi connectivity index (χ1n) is 12.2. The number of amides is 1. The summed E-state index contributed by atoms with van der Waals surface area (Å²) in [5, 5.41) is 2.79. The van der Waals surface area contributed by atoms with Crippen molar-refractivity contribution in [2.75, 3.05) is 22.8 Å². The molecule has 0 spiro atoms. The Labute approximate surface area is 223 Å². The van der Waals surface area contributed by atoms with E-state index in [0.29, 0.717) is 29.5 Å². The molecule has 0 heterocycles. The maximum Gasteiger partial charge on any atom is 0.264 e. The largest absolute Gasteiger partial charge is 0.492 e. The average molecular weight is 531 g/mol. The highest BCUT2D eigenvalue weighted by molar-refractivity contribution is 7.92. The Morgan fingerprint density at radius 1 is 0.816 bits per heavy atom.